The van der Waals surface area contributed by atoms with Crippen molar-refractivity contribution in [1.29, 1.82) is 0 Å². The molecule has 0 aliphatic carbocycles. The molecule has 0 saturated carbocycles. The van der Waals surface area contributed by atoms with E-state index in [9.17, 15) is 0 Å². The molecule has 2 unspecified atom stereocenters. The van der Waals surface area contributed by atoms with E-state index in [-0.39, 0.29) is 0 Å². The number of nitrogens with one attached hydrogen (secondary N) is 1. The first-order valence-corrected chi connectivity index (χ1v) is 8.24. The highest BCUT2D eigenvalue weighted by Gasteiger charge is 2.21. The maximum absolute atomic E-state index is 5.57. The van der Waals surface area contributed by atoms with Crippen molar-refractivity contribution in [2.45, 2.75) is 52.9 Å². The molecule has 1 aromatic rings. The van der Waals surface area contributed by atoms with E-state index in [1.54, 1.807) is 0 Å². The average Bonchev–Trinajstić information content (AvgIpc) is 2.49. The van der Waals surface area contributed by atoms with E-state index in [1.807, 2.05) is 0 Å². The van der Waals surface area contributed by atoms with E-state index in [2.05, 4.69) is 33.0 Å². The third-order valence-electron chi connectivity index (χ3n) is 4.26. The average molecular weight is 291 g/mol. The van der Waals surface area contributed by atoms with Gasteiger partial charge in [0.05, 0.1) is 6.61 Å². The molecule has 2 heterocycles. The second-order valence-corrected chi connectivity index (χ2v) is 6.26. The Morgan fingerprint density at radius 3 is 2.57 bits per heavy atom. The van der Waals surface area contributed by atoms with E-state index in [0.717, 1.165) is 62.8 Å². The summed E-state index contributed by atoms with van der Waals surface area (Å²) in [6, 6.07) is 0. The molecule has 1 aliphatic rings. The van der Waals surface area contributed by atoms with Gasteiger partial charge in [0.25, 0.3) is 0 Å². The molecule has 1 fully saturated rings. The third-order valence-corrected chi connectivity index (χ3v) is 4.26. The van der Waals surface area contributed by atoms with Crippen LogP contribution in [0.3, 0.4) is 0 Å². The van der Waals surface area contributed by atoms with Crippen molar-refractivity contribution in [3.05, 3.63) is 22.8 Å². The Hall–Kier alpha value is -1.00. The first-order chi connectivity index (χ1) is 10.1. The molecule has 1 aromatic heterocycles. The second kappa shape index (κ2) is 7.85. The third kappa shape index (κ3) is 4.48. The maximum Gasteiger partial charge on any atom is 0.134 e. The van der Waals surface area contributed by atoms with Gasteiger partial charge in [0.15, 0.2) is 0 Å². The van der Waals surface area contributed by atoms with Crippen LogP contribution in [-0.2, 0) is 11.2 Å². The smallest absolute Gasteiger partial charge is 0.134 e. The minimum atomic E-state index is 0.379. The quantitative estimate of drug-likeness (QED) is 0.875. The van der Waals surface area contributed by atoms with Crippen LogP contribution in [0, 0.1) is 19.8 Å². The maximum atomic E-state index is 5.57. The molecule has 4 nitrogen and oxygen atoms in total. The molecule has 21 heavy (non-hydrogen) atoms. The fraction of sp³-hybridized carbons (Fsp3) is 0.765. The van der Waals surface area contributed by atoms with E-state index in [1.165, 1.54) is 5.56 Å². The lowest BCUT2D eigenvalue weighted by Crippen LogP contribution is -2.23. The van der Waals surface area contributed by atoms with Gasteiger partial charge in [0, 0.05) is 23.9 Å². The van der Waals surface area contributed by atoms with E-state index in [4.69, 9.17) is 14.7 Å². The molecule has 2 rings (SSSR count). The SMILES string of the molecule is CCNCC(C)Cc1c(C)nc(C2CCCOC2)nc1C. The monoisotopic (exact) mass is 291 g/mol. The van der Waals surface area contributed by atoms with Crippen LogP contribution in [0.4, 0.5) is 0 Å². The van der Waals surface area contributed by atoms with Gasteiger partial charge in [0.2, 0.25) is 0 Å². The Bertz CT molecular complexity index is 432. The molecule has 0 aromatic carbocycles. The van der Waals surface area contributed by atoms with Gasteiger partial charge in [-0.2, -0.15) is 0 Å². The Morgan fingerprint density at radius 1 is 1.29 bits per heavy atom. The lowest BCUT2D eigenvalue weighted by molar-refractivity contribution is 0.0779. The normalized spacial score (nSPS) is 20.5. The van der Waals surface area contributed by atoms with Gasteiger partial charge in [0.1, 0.15) is 5.82 Å². The highest BCUT2D eigenvalue weighted by Crippen LogP contribution is 2.25. The fourth-order valence-corrected chi connectivity index (χ4v) is 3.00. The topological polar surface area (TPSA) is 47.0 Å². The van der Waals surface area contributed by atoms with Crippen LogP contribution in [0.2, 0.25) is 0 Å². The minimum Gasteiger partial charge on any atom is -0.381 e. The lowest BCUT2D eigenvalue weighted by atomic mass is 9.97. The van der Waals surface area contributed by atoms with Crippen molar-refractivity contribution in [3.8, 4) is 0 Å². The summed E-state index contributed by atoms with van der Waals surface area (Å²) in [4.78, 5) is 9.56. The fourth-order valence-electron chi connectivity index (χ4n) is 3.00. The van der Waals surface area contributed by atoms with Gasteiger partial charge in [-0.15, -0.1) is 0 Å². The van der Waals surface area contributed by atoms with Crippen LogP contribution in [0.5, 0.6) is 0 Å². The van der Waals surface area contributed by atoms with E-state index in [0.29, 0.717) is 11.8 Å². The predicted octanol–water partition coefficient (Wildman–Crippen LogP) is 2.78. The van der Waals surface area contributed by atoms with E-state index < -0.39 is 0 Å². The van der Waals surface area contributed by atoms with Crippen LogP contribution in [0.1, 0.15) is 55.4 Å². The molecular weight excluding hydrogens is 262 g/mol. The number of hydrogen-bond donors (Lipinski definition) is 1. The molecule has 0 radical (unpaired) electrons. The molecule has 1 aliphatic heterocycles. The zero-order valence-corrected chi connectivity index (χ0v) is 13.9. The Morgan fingerprint density at radius 2 is 2.00 bits per heavy atom. The summed E-state index contributed by atoms with van der Waals surface area (Å²) in [7, 11) is 0. The number of aromatic nitrogens is 2. The summed E-state index contributed by atoms with van der Waals surface area (Å²) >= 11 is 0. The van der Waals surface area contributed by atoms with Gasteiger partial charge in [-0.1, -0.05) is 13.8 Å². The minimum absolute atomic E-state index is 0.379. The van der Waals surface area contributed by atoms with Crippen molar-refractivity contribution in [1.82, 2.24) is 15.3 Å². The molecule has 2 atom stereocenters. The summed E-state index contributed by atoms with van der Waals surface area (Å²) in [5.41, 5.74) is 3.61. The number of aryl methyl sites for hydroxylation is 2. The molecule has 1 saturated heterocycles. The van der Waals surface area contributed by atoms with Gasteiger partial charge in [-0.05, 0) is 57.7 Å². The summed E-state index contributed by atoms with van der Waals surface area (Å²) in [5, 5.41) is 3.41. The van der Waals surface area contributed by atoms with Crippen molar-refractivity contribution >= 4 is 0 Å². The van der Waals surface area contributed by atoms with Gasteiger partial charge in [-0.25, -0.2) is 9.97 Å². The van der Waals surface area contributed by atoms with Crippen molar-refractivity contribution in [3.63, 3.8) is 0 Å². The molecule has 0 spiro atoms. The van der Waals surface area contributed by atoms with Gasteiger partial charge >= 0.3 is 0 Å². The van der Waals surface area contributed by atoms with Crippen LogP contribution in [0.15, 0.2) is 0 Å². The summed E-state index contributed by atoms with van der Waals surface area (Å²) < 4.78 is 5.57. The number of rotatable bonds is 6. The standard InChI is InChI=1S/C17H29N3O/c1-5-18-10-12(2)9-16-13(3)19-17(20-14(16)4)15-7-6-8-21-11-15/h12,15,18H,5-11H2,1-4H3. The molecule has 0 bridgehead atoms. The second-order valence-electron chi connectivity index (χ2n) is 6.26. The first kappa shape index (κ1) is 16.4. The van der Waals surface area contributed by atoms with Gasteiger partial charge in [-0.3, -0.25) is 0 Å². The zero-order chi connectivity index (χ0) is 15.2. The van der Waals surface area contributed by atoms with Crippen LogP contribution >= 0.6 is 0 Å². The van der Waals surface area contributed by atoms with Crippen LogP contribution in [0.25, 0.3) is 0 Å². The summed E-state index contributed by atoms with van der Waals surface area (Å²) in [5.74, 6) is 1.96. The molecule has 4 heteroatoms. The van der Waals surface area contributed by atoms with E-state index >= 15 is 0 Å². The number of ether oxygens (including phenoxy) is 1. The van der Waals surface area contributed by atoms with Crippen LogP contribution in [-0.4, -0.2) is 36.3 Å². The zero-order valence-electron chi connectivity index (χ0n) is 13.9. The predicted molar refractivity (Wildman–Crippen MR) is 85.7 cm³/mol. The summed E-state index contributed by atoms with van der Waals surface area (Å²) in [6.45, 7) is 12.4. The molecule has 0 amide bonds. The lowest BCUT2D eigenvalue weighted by Gasteiger charge is -2.22. The molecular formula is C17H29N3O. The molecule has 118 valence electrons. The number of hydrogen-bond acceptors (Lipinski definition) is 4. The Balaban J connectivity index is 2.09. The highest BCUT2D eigenvalue weighted by atomic mass is 16.5. The van der Waals surface area contributed by atoms with Crippen molar-refractivity contribution < 1.29 is 4.74 Å². The van der Waals surface area contributed by atoms with Crippen molar-refractivity contribution in [2.24, 2.45) is 5.92 Å². The summed E-state index contributed by atoms with van der Waals surface area (Å²) in [6.07, 6.45) is 3.31. The Kier molecular flexibility index (Phi) is 6.12. The molecule has 1 N–H and O–H groups in total. The van der Waals surface area contributed by atoms with Crippen molar-refractivity contribution in [2.75, 3.05) is 26.3 Å². The number of nitrogens with zero attached hydrogens (tertiary/aromatic N) is 2. The van der Waals surface area contributed by atoms with Gasteiger partial charge < -0.3 is 10.1 Å². The first-order valence-electron chi connectivity index (χ1n) is 8.24. The van der Waals surface area contributed by atoms with Crippen LogP contribution < -0.4 is 5.32 Å². The largest absolute Gasteiger partial charge is 0.381 e. The highest BCUT2D eigenvalue weighted by molar-refractivity contribution is 5.25. The Labute approximate surface area is 128 Å².